The number of amides is 1. The van der Waals surface area contributed by atoms with Gasteiger partial charge in [-0.05, 0) is 23.8 Å². The Bertz CT molecular complexity index is 1410. The molecule has 1 saturated heterocycles. The van der Waals surface area contributed by atoms with Crippen LogP contribution in [0.3, 0.4) is 0 Å². The number of hydrogen-bond donors (Lipinski definition) is 0. The smallest absolute Gasteiger partial charge is 0.353 e. The fourth-order valence-electron chi connectivity index (χ4n) is 3.99. The third kappa shape index (κ3) is 4.76. The summed E-state index contributed by atoms with van der Waals surface area (Å²) in [7, 11) is 0. The first kappa shape index (κ1) is 23.0. The highest BCUT2D eigenvalue weighted by Crippen LogP contribution is 2.31. The van der Waals surface area contributed by atoms with Gasteiger partial charge in [0.1, 0.15) is 17.2 Å². The van der Waals surface area contributed by atoms with Gasteiger partial charge in [-0.2, -0.15) is 13.2 Å². The van der Waals surface area contributed by atoms with Crippen molar-refractivity contribution in [3.8, 4) is 10.4 Å². The summed E-state index contributed by atoms with van der Waals surface area (Å²) in [5.41, 5.74) is -0.0695. The summed E-state index contributed by atoms with van der Waals surface area (Å²) in [5.74, 6) is 0.217. The number of fused-ring (bicyclic) bond motifs is 1. The number of nitrogens with zero attached hydrogens (tertiary/aromatic N) is 5. The Morgan fingerprint density at radius 3 is 2.40 bits per heavy atom. The van der Waals surface area contributed by atoms with Gasteiger partial charge in [0.05, 0.1) is 17.3 Å². The zero-order valence-corrected chi connectivity index (χ0v) is 19.2. The maximum atomic E-state index is 13.0. The van der Waals surface area contributed by atoms with E-state index in [0.29, 0.717) is 42.2 Å². The van der Waals surface area contributed by atoms with Crippen LogP contribution in [0, 0.1) is 0 Å². The Morgan fingerprint density at radius 1 is 1.00 bits per heavy atom. The number of alkyl halides is 3. The molecule has 4 aromatic rings. The van der Waals surface area contributed by atoms with Crippen LogP contribution in [-0.2, 0) is 17.5 Å². The number of rotatable bonds is 4. The lowest BCUT2D eigenvalue weighted by Gasteiger charge is -2.35. The van der Waals surface area contributed by atoms with Crippen molar-refractivity contribution < 1.29 is 18.0 Å². The lowest BCUT2D eigenvalue weighted by Crippen LogP contribution is -2.50. The van der Waals surface area contributed by atoms with E-state index in [-0.39, 0.29) is 18.0 Å². The molecule has 1 aliphatic heterocycles. The minimum atomic E-state index is -4.43. The summed E-state index contributed by atoms with van der Waals surface area (Å²) in [6.07, 6.45) is -2.22. The molecule has 1 amide bonds. The summed E-state index contributed by atoms with van der Waals surface area (Å²) in [5, 5.41) is 0.474. The van der Waals surface area contributed by atoms with Crippen LogP contribution in [-0.4, -0.2) is 51.5 Å². The predicted octanol–water partition coefficient (Wildman–Crippen LogP) is 3.89. The number of aromatic nitrogens is 3. The van der Waals surface area contributed by atoms with E-state index in [0.717, 1.165) is 22.7 Å². The van der Waals surface area contributed by atoms with Crippen molar-refractivity contribution in [3.63, 3.8) is 0 Å². The fraction of sp³-hybridized carbons (Fsp3) is 0.250. The lowest BCUT2D eigenvalue weighted by atomic mass is 10.2. The normalized spacial score (nSPS) is 14.5. The van der Waals surface area contributed by atoms with Crippen LogP contribution in [0.25, 0.3) is 20.7 Å². The molecule has 0 saturated carbocycles. The molecule has 1 aromatic carbocycles. The van der Waals surface area contributed by atoms with Crippen molar-refractivity contribution >= 4 is 33.3 Å². The molecule has 0 unspecified atom stereocenters. The molecular formula is C24H20F3N5O2S. The molecule has 0 spiro atoms. The van der Waals surface area contributed by atoms with Crippen molar-refractivity contribution in [2.45, 2.75) is 12.7 Å². The standard InChI is InChI=1S/C24H20F3N5O2S/c25-24(26,27)17-6-7-20(28-13-17)30-8-10-31(11-9-30)21(33)14-32-15-29-22-18(23(32)34)12-19(35-22)16-4-2-1-3-5-16/h1-7,12-13,15H,8-11,14H2. The number of halogens is 3. The summed E-state index contributed by atoms with van der Waals surface area (Å²) in [6, 6.07) is 13.9. The third-order valence-corrected chi connectivity index (χ3v) is 7.01. The van der Waals surface area contributed by atoms with Crippen LogP contribution in [0.2, 0.25) is 0 Å². The highest BCUT2D eigenvalue weighted by atomic mass is 32.1. The highest BCUT2D eigenvalue weighted by Gasteiger charge is 2.31. The molecule has 0 aliphatic carbocycles. The van der Waals surface area contributed by atoms with Crippen LogP contribution < -0.4 is 10.5 Å². The van der Waals surface area contributed by atoms with Crippen LogP contribution in [0.15, 0.2) is 65.8 Å². The van der Waals surface area contributed by atoms with E-state index in [1.807, 2.05) is 41.3 Å². The molecule has 0 radical (unpaired) electrons. The van der Waals surface area contributed by atoms with Crippen molar-refractivity contribution in [1.82, 2.24) is 19.4 Å². The number of hydrogen-bond acceptors (Lipinski definition) is 6. The Balaban J connectivity index is 1.24. The van der Waals surface area contributed by atoms with Crippen LogP contribution in [0.5, 0.6) is 0 Å². The summed E-state index contributed by atoms with van der Waals surface area (Å²) in [4.78, 5) is 39.2. The number of pyridine rings is 1. The molecule has 1 aliphatic rings. The second-order valence-electron chi connectivity index (χ2n) is 8.14. The first-order valence-electron chi connectivity index (χ1n) is 10.9. The van der Waals surface area contributed by atoms with Crippen LogP contribution in [0.1, 0.15) is 5.56 Å². The topological polar surface area (TPSA) is 71.3 Å². The summed E-state index contributed by atoms with van der Waals surface area (Å²) in [6.45, 7) is 1.49. The largest absolute Gasteiger partial charge is 0.417 e. The number of piperazine rings is 1. The van der Waals surface area contributed by atoms with E-state index in [1.54, 1.807) is 4.90 Å². The van der Waals surface area contributed by atoms with E-state index in [2.05, 4.69) is 9.97 Å². The molecule has 3 aromatic heterocycles. The number of benzene rings is 1. The maximum Gasteiger partial charge on any atom is 0.417 e. The molecule has 0 N–H and O–H groups in total. The van der Waals surface area contributed by atoms with Gasteiger partial charge in [0.15, 0.2) is 0 Å². The first-order valence-corrected chi connectivity index (χ1v) is 11.7. The minimum absolute atomic E-state index is 0.128. The Hall–Kier alpha value is -3.73. The Labute approximate surface area is 202 Å². The molecule has 7 nitrogen and oxygen atoms in total. The van der Waals surface area contributed by atoms with Crippen molar-refractivity contribution in [2.75, 3.05) is 31.1 Å². The monoisotopic (exact) mass is 499 g/mol. The molecule has 35 heavy (non-hydrogen) atoms. The van der Waals surface area contributed by atoms with E-state index < -0.39 is 11.7 Å². The molecule has 4 heterocycles. The molecule has 5 rings (SSSR count). The second kappa shape index (κ2) is 9.14. The fourth-order valence-corrected chi connectivity index (χ4v) is 4.98. The van der Waals surface area contributed by atoms with Crippen LogP contribution in [0.4, 0.5) is 19.0 Å². The number of thiophene rings is 1. The second-order valence-corrected chi connectivity index (χ2v) is 9.17. The lowest BCUT2D eigenvalue weighted by molar-refractivity contribution is -0.138. The molecule has 180 valence electrons. The minimum Gasteiger partial charge on any atom is -0.353 e. The number of carbonyl (C=O) groups is 1. The molecule has 1 fully saturated rings. The van der Waals surface area contributed by atoms with Crippen molar-refractivity contribution in [1.29, 1.82) is 0 Å². The average Bonchev–Trinajstić information content (AvgIpc) is 3.31. The van der Waals surface area contributed by atoms with Gasteiger partial charge in [0.25, 0.3) is 5.56 Å². The molecule has 11 heteroatoms. The predicted molar refractivity (Wildman–Crippen MR) is 127 cm³/mol. The van der Waals surface area contributed by atoms with Crippen molar-refractivity contribution in [3.05, 3.63) is 77.0 Å². The molecule has 0 bridgehead atoms. The number of carbonyl (C=O) groups excluding carboxylic acids is 1. The highest BCUT2D eigenvalue weighted by molar-refractivity contribution is 7.21. The van der Waals surface area contributed by atoms with Crippen LogP contribution >= 0.6 is 11.3 Å². The summed E-state index contributed by atoms with van der Waals surface area (Å²) >= 11 is 1.43. The zero-order chi connectivity index (χ0) is 24.6. The molecular weight excluding hydrogens is 479 g/mol. The molecule has 0 atom stereocenters. The van der Waals surface area contributed by atoms with Gasteiger partial charge in [-0.3, -0.25) is 14.2 Å². The third-order valence-electron chi connectivity index (χ3n) is 5.91. The van der Waals surface area contributed by atoms with E-state index in [9.17, 15) is 22.8 Å². The van der Waals surface area contributed by atoms with E-state index >= 15 is 0 Å². The average molecular weight is 500 g/mol. The maximum absolute atomic E-state index is 13.0. The zero-order valence-electron chi connectivity index (χ0n) is 18.4. The number of anilines is 1. The Morgan fingerprint density at radius 2 is 1.74 bits per heavy atom. The van der Waals surface area contributed by atoms with E-state index in [1.165, 1.54) is 28.3 Å². The van der Waals surface area contributed by atoms with Gasteiger partial charge in [-0.25, -0.2) is 9.97 Å². The summed E-state index contributed by atoms with van der Waals surface area (Å²) < 4.78 is 39.6. The van der Waals surface area contributed by atoms with Gasteiger partial charge in [0, 0.05) is 37.3 Å². The Kier molecular flexibility index (Phi) is 6.01. The SMILES string of the molecule is O=C(Cn1cnc2sc(-c3ccccc3)cc2c1=O)N1CCN(c2ccc(C(F)(F)F)cn2)CC1. The first-order chi connectivity index (χ1) is 16.8. The van der Waals surface area contributed by atoms with E-state index in [4.69, 9.17) is 0 Å². The van der Waals surface area contributed by atoms with Crippen molar-refractivity contribution in [2.24, 2.45) is 0 Å². The van der Waals surface area contributed by atoms with Gasteiger partial charge in [0.2, 0.25) is 5.91 Å². The quantitative estimate of drug-likeness (QED) is 0.426. The van der Waals surface area contributed by atoms with Gasteiger partial charge in [-0.15, -0.1) is 11.3 Å². The van der Waals surface area contributed by atoms with Gasteiger partial charge in [-0.1, -0.05) is 30.3 Å². The van der Waals surface area contributed by atoms with Gasteiger partial charge >= 0.3 is 6.18 Å². The van der Waals surface area contributed by atoms with Gasteiger partial charge < -0.3 is 9.80 Å².